The second-order valence-electron chi connectivity index (χ2n) is 4.09. The van der Waals surface area contributed by atoms with Gasteiger partial charge in [-0.05, 0) is 37.0 Å². The van der Waals surface area contributed by atoms with Crippen molar-refractivity contribution in [3.63, 3.8) is 0 Å². The van der Waals surface area contributed by atoms with E-state index in [1.807, 2.05) is 0 Å². The molecule has 0 aliphatic rings. The standard InChI is InChI=1S/C15H23O/c1-3-5-6-7-13-16-15-11-9-14(8-4-2)10-12-15/h8-12H,3-7,13H2,1-2H3. The Bertz CT molecular complexity index is 263. The first-order valence-corrected chi connectivity index (χ1v) is 6.43. The first-order chi connectivity index (χ1) is 7.86. The van der Waals surface area contributed by atoms with E-state index in [-0.39, 0.29) is 0 Å². The van der Waals surface area contributed by atoms with Crippen molar-refractivity contribution < 1.29 is 4.74 Å². The van der Waals surface area contributed by atoms with E-state index in [0.29, 0.717) is 0 Å². The zero-order chi connectivity index (χ0) is 11.6. The van der Waals surface area contributed by atoms with Crippen molar-refractivity contribution in [2.45, 2.75) is 46.0 Å². The topological polar surface area (TPSA) is 9.23 Å². The number of hydrogen-bond donors (Lipinski definition) is 0. The van der Waals surface area contributed by atoms with Crippen molar-refractivity contribution in [2.75, 3.05) is 6.61 Å². The lowest BCUT2D eigenvalue weighted by Gasteiger charge is -2.06. The number of rotatable bonds is 8. The number of ether oxygens (including phenoxy) is 1. The maximum atomic E-state index is 5.67. The molecule has 0 saturated carbocycles. The minimum Gasteiger partial charge on any atom is -0.494 e. The predicted octanol–water partition coefficient (Wildman–Crippen LogP) is 4.61. The van der Waals surface area contributed by atoms with Gasteiger partial charge < -0.3 is 4.74 Å². The lowest BCUT2D eigenvalue weighted by atomic mass is 10.1. The third-order valence-corrected chi connectivity index (χ3v) is 2.59. The summed E-state index contributed by atoms with van der Waals surface area (Å²) in [7, 11) is 0. The van der Waals surface area contributed by atoms with Crippen molar-refractivity contribution in [3.8, 4) is 5.75 Å². The van der Waals surface area contributed by atoms with Crippen LogP contribution < -0.4 is 4.74 Å². The van der Waals surface area contributed by atoms with Crippen LogP contribution in [-0.2, 0) is 0 Å². The van der Waals surface area contributed by atoms with Crippen LogP contribution in [0.15, 0.2) is 24.3 Å². The van der Waals surface area contributed by atoms with Crippen molar-refractivity contribution in [3.05, 3.63) is 36.2 Å². The summed E-state index contributed by atoms with van der Waals surface area (Å²) < 4.78 is 5.67. The van der Waals surface area contributed by atoms with Crippen molar-refractivity contribution in [1.29, 1.82) is 0 Å². The first kappa shape index (κ1) is 13.1. The summed E-state index contributed by atoms with van der Waals surface area (Å²) in [6.45, 7) is 5.22. The molecule has 0 amide bonds. The number of hydrogen-bond acceptors (Lipinski definition) is 1. The van der Waals surface area contributed by atoms with Crippen molar-refractivity contribution in [2.24, 2.45) is 0 Å². The van der Waals surface area contributed by atoms with Crippen LogP contribution >= 0.6 is 0 Å². The second kappa shape index (κ2) is 8.20. The SMILES string of the molecule is CC[CH]c1ccc(OCCCCCC)cc1. The lowest BCUT2D eigenvalue weighted by molar-refractivity contribution is 0.305. The zero-order valence-corrected chi connectivity index (χ0v) is 10.5. The second-order valence-corrected chi connectivity index (χ2v) is 4.09. The van der Waals surface area contributed by atoms with Crippen LogP contribution in [0.2, 0.25) is 0 Å². The van der Waals surface area contributed by atoms with Gasteiger partial charge >= 0.3 is 0 Å². The summed E-state index contributed by atoms with van der Waals surface area (Å²) in [5, 5.41) is 0. The minimum atomic E-state index is 0.844. The quantitative estimate of drug-likeness (QED) is 0.580. The normalized spacial score (nSPS) is 10.4. The molecule has 0 aliphatic carbocycles. The van der Waals surface area contributed by atoms with Crippen LogP contribution in [0.5, 0.6) is 5.75 Å². The number of unbranched alkanes of at least 4 members (excludes halogenated alkanes) is 3. The first-order valence-electron chi connectivity index (χ1n) is 6.43. The van der Waals surface area contributed by atoms with Gasteiger partial charge in [0.25, 0.3) is 0 Å². The van der Waals surface area contributed by atoms with E-state index in [1.54, 1.807) is 0 Å². The lowest BCUT2D eigenvalue weighted by Crippen LogP contribution is -1.97. The monoisotopic (exact) mass is 219 g/mol. The average molecular weight is 219 g/mol. The molecule has 0 aromatic heterocycles. The molecular weight excluding hydrogens is 196 g/mol. The van der Waals surface area contributed by atoms with Gasteiger partial charge in [-0.25, -0.2) is 0 Å². The van der Waals surface area contributed by atoms with Gasteiger partial charge in [-0.15, -0.1) is 0 Å². The summed E-state index contributed by atoms with van der Waals surface area (Å²) in [5.41, 5.74) is 1.28. The van der Waals surface area contributed by atoms with Crippen LogP contribution in [0, 0.1) is 6.42 Å². The Morgan fingerprint density at radius 1 is 1.00 bits per heavy atom. The van der Waals surface area contributed by atoms with E-state index in [4.69, 9.17) is 4.74 Å². The molecule has 1 radical (unpaired) electrons. The highest BCUT2D eigenvalue weighted by Crippen LogP contribution is 2.14. The highest BCUT2D eigenvalue weighted by Gasteiger charge is 1.95. The molecule has 0 N–H and O–H groups in total. The molecule has 1 aromatic carbocycles. The van der Waals surface area contributed by atoms with Crippen molar-refractivity contribution in [1.82, 2.24) is 0 Å². The summed E-state index contributed by atoms with van der Waals surface area (Å²) in [4.78, 5) is 0. The van der Waals surface area contributed by atoms with E-state index >= 15 is 0 Å². The van der Waals surface area contributed by atoms with Gasteiger partial charge in [0, 0.05) is 0 Å². The highest BCUT2D eigenvalue weighted by atomic mass is 16.5. The molecule has 0 unspecified atom stereocenters. The average Bonchev–Trinajstić information content (AvgIpc) is 2.31. The Hall–Kier alpha value is -0.980. The van der Waals surface area contributed by atoms with E-state index < -0.39 is 0 Å². The van der Waals surface area contributed by atoms with Gasteiger partial charge in [-0.3, -0.25) is 0 Å². The molecule has 89 valence electrons. The summed E-state index contributed by atoms with van der Waals surface area (Å²) >= 11 is 0. The largest absolute Gasteiger partial charge is 0.494 e. The van der Waals surface area contributed by atoms with E-state index in [9.17, 15) is 0 Å². The van der Waals surface area contributed by atoms with Crippen LogP contribution in [-0.4, -0.2) is 6.61 Å². The Balaban J connectivity index is 2.21. The van der Waals surface area contributed by atoms with Crippen LogP contribution in [0.4, 0.5) is 0 Å². The highest BCUT2D eigenvalue weighted by molar-refractivity contribution is 5.30. The molecule has 1 aromatic rings. The van der Waals surface area contributed by atoms with Gasteiger partial charge in [0.1, 0.15) is 5.75 Å². The third kappa shape index (κ3) is 5.20. The van der Waals surface area contributed by atoms with Gasteiger partial charge in [0.05, 0.1) is 6.61 Å². The Morgan fingerprint density at radius 2 is 1.75 bits per heavy atom. The van der Waals surface area contributed by atoms with Crippen LogP contribution in [0.1, 0.15) is 51.5 Å². The Morgan fingerprint density at radius 3 is 2.38 bits per heavy atom. The Labute approximate surface area is 99.8 Å². The van der Waals surface area contributed by atoms with Gasteiger partial charge in [0.2, 0.25) is 0 Å². The fourth-order valence-corrected chi connectivity index (χ4v) is 1.65. The molecule has 1 nitrogen and oxygen atoms in total. The smallest absolute Gasteiger partial charge is 0.119 e. The third-order valence-electron chi connectivity index (χ3n) is 2.59. The molecule has 0 atom stereocenters. The summed E-state index contributed by atoms with van der Waals surface area (Å²) in [6.07, 6.45) is 8.33. The van der Waals surface area contributed by atoms with Gasteiger partial charge in [0.15, 0.2) is 0 Å². The molecule has 0 spiro atoms. The summed E-state index contributed by atoms with van der Waals surface area (Å²) in [6, 6.07) is 8.35. The molecule has 0 heterocycles. The summed E-state index contributed by atoms with van der Waals surface area (Å²) in [5.74, 6) is 0.991. The molecule has 16 heavy (non-hydrogen) atoms. The predicted molar refractivity (Wildman–Crippen MR) is 69.8 cm³/mol. The molecule has 0 saturated heterocycles. The van der Waals surface area contributed by atoms with E-state index in [1.165, 1.54) is 24.8 Å². The molecular formula is C15H23O. The number of benzene rings is 1. The van der Waals surface area contributed by atoms with Crippen LogP contribution in [0.3, 0.4) is 0 Å². The molecule has 0 bridgehead atoms. The minimum absolute atomic E-state index is 0.844. The zero-order valence-electron chi connectivity index (χ0n) is 10.5. The van der Waals surface area contributed by atoms with E-state index in [2.05, 4.69) is 44.5 Å². The van der Waals surface area contributed by atoms with Gasteiger partial charge in [-0.2, -0.15) is 0 Å². The maximum absolute atomic E-state index is 5.67. The van der Waals surface area contributed by atoms with Gasteiger partial charge in [-0.1, -0.05) is 45.2 Å². The molecule has 1 rings (SSSR count). The fourth-order valence-electron chi connectivity index (χ4n) is 1.65. The molecule has 0 fully saturated rings. The van der Waals surface area contributed by atoms with Crippen molar-refractivity contribution >= 4 is 0 Å². The van der Waals surface area contributed by atoms with E-state index in [0.717, 1.165) is 25.2 Å². The molecule has 1 heteroatoms. The fraction of sp³-hybridized carbons (Fsp3) is 0.533. The Kier molecular flexibility index (Phi) is 6.71. The van der Waals surface area contributed by atoms with Crippen LogP contribution in [0.25, 0.3) is 0 Å². The molecule has 0 aliphatic heterocycles. The maximum Gasteiger partial charge on any atom is 0.119 e.